The molecule has 0 aliphatic carbocycles. The molecule has 1 N–H and O–H groups in total. The molecule has 0 aliphatic heterocycles. The van der Waals surface area contributed by atoms with Gasteiger partial charge in [0.15, 0.2) is 0 Å². The highest BCUT2D eigenvalue weighted by Crippen LogP contribution is 2.27. The summed E-state index contributed by atoms with van der Waals surface area (Å²) in [7, 11) is 0. The van der Waals surface area contributed by atoms with Gasteiger partial charge in [-0.1, -0.05) is 38.1 Å². The van der Waals surface area contributed by atoms with E-state index in [0.717, 1.165) is 18.5 Å². The van der Waals surface area contributed by atoms with E-state index >= 15 is 0 Å². The van der Waals surface area contributed by atoms with E-state index in [2.05, 4.69) is 24.4 Å². The smallest absolute Gasteiger partial charge is 0.404 e. The van der Waals surface area contributed by atoms with Crippen LogP contribution in [0.15, 0.2) is 40.8 Å². The summed E-state index contributed by atoms with van der Waals surface area (Å²) in [6.45, 7) is 4.84. The first-order valence-electron chi connectivity index (χ1n) is 6.72. The van der Waals surface area contributed by atoms with Gasteiger partial charge in [0.2, 0.25) is 0 Å². The van der Waals surface area contributed by atoms with Gasteiger partial charge in [-0.25, -0.2) is 0 Å². The minimum Gasteiger partial charge on any atom is -0.404 e. The Morgan fingerprint density at radius 3 is 2.40 bits per heavy atom. The Balaban J connectivity index is 2.30. The minimum atomic E-state index is -0.521. The fraction of sp³-hybridized carbons (Fsp3) is 0.333. The van der Waals surface area contributed by atoms with Gasteiger partial charge in [-0.2, -0.15) is 0 Å². The number of hydrogen-bond donors (Lipinski definition) is 1. The van der Waals surface area contributed by atoms with Gasteiger partial charge in [-0.15, -0.1) is 0 Å². The maximum absolute atomic E-state index is 10.7. The van der Waals surface area contributed by atoms with Gasteiger partial charge in [0.05, 0.1) is 12.1 Å². The van der Waals surface area contributed by atoms with Crippen LogP contribution in [0, 0.1) is 10.1 Å². The lowest BCUT2D eigenvalue weighted by atomic mass is 10.0. The molecule has 0 bridgehead atoms. The van der Waals surface area contributed by atoms with Gasteiger partial charge in [0, 0.05) is 0 Å². The molecule has 2 rings (SSSR count). The van der Waals surface area contributed by atoms with E-state index in [9.17, 15) is 10.1 Å². The Bertz CT molecular complexity index is 575. The van der Waals surface area contributed by atoms with Crippen LogP contribution in [0.3, 0.4) is 0 Å². The van der Waals surface area contributed by atoms with Gasteiger partial charge in [-0.3, -0.25) is 10.1 Å². The summed E-state index contributed by atoms with van der Waals surface area (Å²) in [5, 5.41) is 14.0. The van der Waals surface area contributed by atoms with Crippen molar-refractivity contribution in [2.24, 2.45) is 0 Å². The van der Waals surface area contributed by atoms with Gasteiger partial charge < -0.3 is 9.73 Å². The third kappa shape index (κ3) is 3.05. The highest BCUT2D eigenvalue weighted by molar-refractivity contribution is 5.32. The lowest BCUT2D eigenvalue weighted by Gasteiger charge is -2.16. The van der Waals surface area contributed by atoms with E-state index in [-0.39, 0.29) is 11.9 Å². The van der Waals surface area contributed by atoms with Crippen LogP contribution in [0.1, 0.15) is 36.8 Å². The molecule has 0 fully saturated rings. The monoisotopic (exact) mass is 274 g/mol. The Kier molecular flexibility index (Phi) is 4.53. The van der Waals surface area contributed by atoms with Gasteiger partial charge in [-0.05, 0) is 30.2 Å². The largest absolute Gasteiger partial charge is 0.433 e. The normalized spacial score (nSPS) is 12.3. The first-order chi connectivity index (χ1) is 9.65. The van der Waals surface area contributed by atoms with Crippen LogP contribution < -0.4 is 5.32 Å². The maximum atomic E-state index is 10.7. The molecule has 1 aromatic heterocycles. The summed E-state index contributed by atoms with van der Waals surface area (Å²) in [5.41, 5.74) is 2.29. The summed E-state index contributed by atoms with van der Waals surface area (Å²) >= 11 is 0. The quantitative estimate of drug-likeness (QED) is 0.647. The molecular formula is C15H18N2O3. The minimum absolute atomic E-state index is 0.167. The molecule has 0 aliphatic rings. The Hall–Kier alpha value is -2.14. The molecule has 1 heterocycles. The van der Waals surface area contributed by atoms with Crippen LogP contribution in [0.2, 0.25) is 0 Å². The number of furan rings is 1. The molecular weight excluding hydrogens is 256 g/mol. The van der Waals surface area contributed by atoms with Crippen LogP contribution in [0.4, 0.5) is 5.88 Å². The second-order valence-corrected chi connectivity index (χ2v) is 4.52. The average Bonchev–Trinajstić information content (AvgIpc) is 2.95. The van der Waals surface area contributed by atoms with E-state index in [1.807, 2.05) is 19.1 Å². The summed E-state index contributed by atoms with van der Waals surface area (Å²) in [6.07, 6.45) is 0.985. The molecule has 0 amide bonds. The van der Waals surface area contributed by atoms with Crippen molar-refractivity contribution in [3.05, 3.63) is 63.4 Å². The van der Waals surface area contributed by atoms with Crippen molar-refractivity contribution < 1.29 is 9.34 Å². The van der Waals surface area contributed by atoms with Crippen molar-refractivity contribution in [3.63, 3.8) is 0 Å². The molecule has 5 heteroatoms. The van der Waals surface area contributed by atoms with Crippen molar-refractivity contribution in [2.75, 3.05) is 6.54 Å². The van der Waals surface area contributed by atoms with Crippen molar-refractivity contribution >= 4 is 5.88 Å². The standard InChI is InChI=1S/C15H18N2O3/c1-3-11-5-7-12(8-6-11)15(16-4-2)13-9-10-14(20-13)17(18)19/h5-10,15-16H,3-4H2,1-2H3. The number of rotatable bonds is 6. The molecule has 0 saturated heterocycles. The van der Waals surface area contributed by atoms with E-state index in [1.165, 1.54) is 11.6 Å². The van der Waals surface area contributed by atoms with Gasteiger partial charge >= 0.3 is 5.88 Å². The molecule has 1 atom stereocenters. The van der Waals surface area contributed by atoms with Crippen molar-refractivity contribution in [1.82, 2.24) is 5.32 Å². The molecule has 2 aromatic rings. The average molecular weight is 274 g/mol. The van der Waals surface area contributed by atoms with Crippen LogP contribution >= 0.6 is 0 Å². The van der Waals surface area contributed by atoms with Crippen molar-refractivity contribution in [3.8, 4) is 0 Å². The van der Waals surface area contributed by atoms with E-state index in [1.54, 1.807) is 6.07 Å². The number of aryl methyl sites for hydroxylation is 1. The molecule has 1 unspecified atom stereocenters. The maximum Gasteiger partial charge on any atom is 0.433 e. The van der Waals surface area contributed by atoms with Crippen LogP contribution in [-0.2, 0) is 6.42 Å². The van der Waals surface area contributed by atoms with E-state index in [4.69, 9.17) is 4.42 Å². The zero-order chi connectivity index (χ0) is 14.5. The fourth-order valence-electron chi connectivity index (χ4n) is 2.13. The topological polar surface area (TPSA) is 68.3 Å². The molecule has 0 spiro atoms. The van der Waals surface area contributed by atoms with Crippen LogP contribution in [0.5, 0.6) is 0 Å². The lowest BCUT2D eigenvalue weighted by Crippen LogP contribution is -2.21. The number of benzene rings is 1. The predicted octanol–water partition coefficient (Wildman–Crippen LogP) is 3.45. The second kappa shape index (κ2) is 6.34. The number of nitrogens with one attached hydrogen (secondary N) is 1. The molecule has 5 nitrogen and oxygen atoms in total. The Labute approximate surface area is 117 Å². The third-order valence-electron chi connectivity index (χ3n) is 3.21. The van der Waals surface area contributed by atoms with E-state index < -0.39 is 4.92 Å². The zero-order valence-corrected chi connectivity index (χ0v) is 11.6. The summed E-state index contributed by atoms with van der Waals surface area (Å²) in [5.74, 6) is 0.330. The summed E-state index contributed by atoms with van der Waals surface area (Å²) in [4.78, 5) is 10.2. The van der Waals surface area contributed by atoms with Crippen molar-refractivity contribution in [1.29, 1.82) is 0 Å². The lowest BCUT2D eigenvalue weighted by molar-refractivity contribution is -0.402. The first-order valence-corrected chi connectivity index (χ1v) is 6.72. The van der Waals surface area contributed by atoms with Crippen LogP contribution in [-0.4, -0.2) is 11.5 Å². The van der Waals surface area contributed by atoms with Gasteiger partial charge in [0.25, 0.3) is 0 Å². The fourth-order valence-corrected chi connectivity index (χ4v) is 2.13. The first kappa shape index (κ1) is 14.3. The SMILES string of the molecule is CCNC(c1ccc(CC)cc1)c1ccc([N+](=O)[O-])o1. The highest BCUT2D eigenvalue weighted by atomic mass is 16.6. The number of nitro groups is 1. The van der Waals surface area contributed by atoms with Crippen LogP contribution in [0.25, 0.3) is 0 Å². The highest BCUT2D eigenvalue weighted by Gasteiger charge is 2.20. The molecule has 20 heavy (non-hydrogen) atoms. The van der Waals surface area contributed by atoms with Crippen molar-refractivity contribution in [2.45, 2.75) is 26.3 Å². The Morgan fingerprint density at radius 2 is 1.90 bits per heavy atom. The third-order valence-corrected chi connectivity index (χ3v) is 3.21. The Morgan fingerprint density at radius 1 is 1.20 bits per heavy atom. The number of hydrogen-bond acceptors (Lipinski definition) is 4. The second-order valence-electron chi connectivity index (χ2n) is 4.52. The summed E-state index contributed by atoms with van der Waals surface area (Å²) in [6, 6.07) is 11.1. The molecule has 1 aromatic carbocycles. The summed E-state index contributed by atoms with van der Waals surface area (Å²) < 4.78 is 5.31. The molecule has 0 saturated carbocycles. The van der Waals surface area contributed by atoms with Gasteiger partial charge in [0.1, 0.15) is 10.7 Å². The predicted molar refractivity (Wildman–Crippen MR) is 76.7 cm³/mol. The molecule has 0 radical (unpaired) electrons. The zero-order valence-electron chi connectivity index (χ0n) is 11.6. The molecule has 106 valence electrons. The number of nitrogens with zero attached hydrogens (tertiary/aromatic N) is 1. The van der Waals surface area contributed by atoms with E-state index in [0.29, 0.717) is 5.76 Å².